The van der Waals surface area contributed by atoms with Gasteiger partial charge in [-0.25, -0.2) is 4.79 Å². The lowest BCUT2D eigenvalue weighted by atomic mass is 10.0. The maximum absolute atomic E-state index is 12.3. The monoisotopic (exact) mass is 382 g/mol. The number of nitrogens with one attached hydrogen (secondary N) is 1. The number of carbonyl (C=O) groups is 1. The Morgan fingerprint density at radius 3 is 2.59 bits per heavy atom. The molecular formula is C21H22N2O3S. The van der Waals surface area contributed by atoms with Crippen LogP contribution in [0.5, 0.6) is 5.75 Å². The van der Waals surface area contributed by atoms with Crippen molar-refractivity contribution in [2.45, 2.75) is 19.3 Å². The summed E-state index contributed by atoms with van der Waals surface area (Å²) in [6.45, 7) is 1.59. The number of fused-ring (bicyclic) bond motifs is 1. The third-order valence-corrected chi connectivity index (χ3v) is 5.78. The van der Waals surface area contributed by atoms with Crippen molar-refractivity contribution in [2.75, 3.05) is 25.5 Å². The van der Waals surface area contributed by atoms with Crippen LogP contribution < -0.4 is 10.1 Å². The number of thiophene rings is 1. The first kappa shape index (κ1) is 17.8. The highest BCUT2D eigenvalue weighted by atomic mass is 32.1. The van der Waals surface area contributed by atoms with Crippen molar-refractivity contribution in [3.8, 4) is 16.9 Å². The molecule has 1 N–H and O–H groups in total. The van der Waals surface area contributed by atoms with E-state index in [4.69, 9.17) is 9.57 Å². The lowest BCUT2D eigenvalue weighted by Gasteiger charge is -2.24. The van der Waals surface area contributed by atoms with Crippen molar-refractivity contribution in [3.63, 3.8) is 0 Å². The molecule has 2 heterocycles. The fraction of sp³-hybridized carbons (Fsp3) is 0.286. The van der Waals surface area contributed by atoms with Crippen LogP contribution in [-0.2, 0) is 4.84 Å². The SMILES string of the molecule is COc1ccc(-c2ccccc2)c2sc(NC(=O)ON3CCCCC3)cc12. The molecule has 1 fully saturated rings. The molecule has 0 spiro atoms. The van der Waals surface area contributed by atoms with Crippen molar-refractivity contribution in [1.29, 1.82) is 0 Å². The molecule has 0 atom stereocenters. The van der Waals surface area contributed by atoms with Crippen LogP contribution in [0.1, 0.15) is 19.3 Å². The minimum Gasteiger partial charge on any atom is -0.496 e. The van der Waals surface area contributed by atoms with Gasteiger partial charge >= 0.3 is 6.09 Å². The number of anilines is 1. The molecule has 3 aromatic rings. The fourth-order valence-electron chi connectivity index (χ4n) is 3.38. The van der Waals surface area contributed by atoms with E-state index in [2.05, 4.69) is 23.5 Å². The normalized spacial score (nSPS) is 14.9. The highest BCUT2D eigenvalue weighted by molar-refractivity contribution is 7.23. The van der Waals surface area contributed by atoms with Crippen LogP contribution in [0.2, 0.25) is 0 Å². The number of piperidine rings is 1. The molecule has 1 aliphatic rings. The number of hydrogen-bond acceptors (Lipinski definition) is 5. The molecule has 0 aliphatic carbocycles. The molecule has 1 aliphatic heterocycles. The molecule has 0 bridgehead atoms. The number of hydroxylamine groups is 2. The number of ether oxygens (including phenoxy) is 1. The first-order valence-electron chi connectivity index (χ1n) is 9.14. The molecule has 2 aromatic carbocycles. The largest absolute Gasteiger partial charge is 0.496 e. The molecule has 1 amide bonds. The van der Waals surface area contributed by atoms with Gasteiger partial charge in [0.1, 0.15) is 5.75 Å². The van der Waals surface area contributed by atoms with Gasteiger partial charge in [0.25, 0.3) is 0 Å². The van der Waals surface area contributed by atoms with Gasteiger partial charge in [0.2, 0.25) is 0 Å². The van der Waals surface area contributed by atoms with Crippen molar-refractivity contribution >= 4 is 32.5 Å². The Balaban J connectivity index is 1.61. The molecule has 27 heavy (non-hydrogen) atoms. The number of amides is 1. The molecule has 1 saturated heterocycles. The first-order valence-corrected chi connectivity index (χ1v) is 9.96. The van der Waals surface area contributed by atoms with Crippen LogP contribution in [-0.4, -0.2) is 31.4 Å². The van der Waals surface area contributed by atoms with Crippen LogP contribution in [0, 0.1) is 0 Å². The Kier molecular flexibility index (Phi) is 5.27. The van der Waals surface area contributed by atoms with Crippen molar-refractivity contribution in [2.24, 2.45) is 0 Å². The Morgan fingerprint density at radius 1 is 1.07 bits per heavy atom. The number of carbonyl (C=O) groups excluding carboxylic acids is 1. The summed E-state index contributed by atoms with van der Waals surface area (Å²) in [7, 11) is 1.66. The molecule has 5 nitrogen and oxygen atoms in total. The third kappa shape index (κ3) is 3.91. The van der Waals surface area contributed by atoms with Crippen LogP contribution in [0.4, 0.5) is 9.80 Å². The van der Waals surface area contributed by atoms with Crippen molar-refractivity contribution < 1.29 is 14.4 Å². The molecule has 0 radical (unpaired) electrons. The number of benzene rings is 2. The molecule has 0 saturated carbocycles. The lowest BCUT2D eigenvalue weighted by molar-refractivity contribution is -0.105. The van der Waals surface area contributed by atoms with E-state index in [1.165, 1.54) is 17.8 Å². The van der Waals surface area contributed by atoms with E-state index in [0.29, 0.717) is 0 Å². The second-order valence-electron chi connectivity index (χ2n) is 6.53. The predicted octanol–water partition coefficient (Wildman–Crippen LogP) is 5.53. The van der Waals surface area contributed by atoms with Gasteiger partial charge in [-0.3, -0.25) is 5.32 Å². The highest BCUT2D eigenvalue weighted by Gasteiger charge is 2.17. The fourth-order valence-corrected chi connectivity index (χ4v) is 4.48. The molecule has 4 rings (SSSR count). The van der Waals surface area contributed by atoms with E-state index in [0.717, 1.165) is 57.9 Å². The molecular weight excluding hydrogens is 360 g/mol. The highest BCUT2D eigenvalue weighted by Crippen LogP contribution is 2.41. The zero-order valence-corrected chi connectivity index (χ0v) is 16.1. The van der Waals surface area contributed by atoms with E-state index < -0.39 is 6.09 Å². The number of rotatable bonds is 4. The van der Waals surface area contributed by atoms with E-state index in [1.807, 2.05) is 30.3 Å². The van der Waals surface area contributed by atoms with E-state index >= 15 is 0 Å². The minimum atomic E-state index is -0.441. The zero-order valence-electron chi connectivity index (χ0n) is 15.2. The topological polar surface area (TPSA) is 50.8 Å². The van der Waals surface area contributed by atoms with E-state index in [-0.39, 0.29) is 0 Å². The maximum atomic E-state index is 12.3. The average Bonchev–Trinajstić information content (AvgIpc) is 3.12. The Morgan fingerprint density at radius 2 is 1.85 bits per heavy atom. The third-order valence-electron chi connectivity index (χ3n) is 4.70. The smallest absolute Gasteiger partial charge is 0.431 e. The van der Waals surface area contributed by atoms with Crippen LogP contribution in [0.15, 0.2) is 48.5 Å². The molecule has 140 valence electrons. The summed E-state index contributed by atoms with van der Waals surface area (Å²) in [6.07, 6.45) is 2.88. The van der Waals surface area contributed by atoms with Gasteiger partial charge < -0.3 is 9.57 Å². The summed E-state index contributed by atoms with van der Waals surface area (Å²) in [4.78, 5) is 17.7. The van der Waals surface area contributed by atoms with Crippen molar-refractivity contribution in [1.82, 2.24) is 5.06 Å². The summed E-state index contributed by atoms with van der Waals surface area (Å²) >= 11 is 1.53. The average molecular weight is 382 g/mol. The van der Waals surface area contributed by atoms with Crippen LogP contribution >= 0.6 is 11.3 Å². The number of nitrogens with zero attached hydrogens (tertiary/aromatic N) is 1. The lowest BCUT2D eigenvalue weighted by Crippen LogP contribution is -2.33. The van der Waals surface area contributed by atoms with Gasteiger partial charge in [-0.05, 0) is 42.2 Å². The maximum Gasteiger partial charge on any atom is 0.431 e. The Labute approximate surface area is 162 Å². The van der Waals surface area contributed by atoms with Gasteiger partial charge in [-0.1, -0.05) is 36.8 Å². The second-order valence-corrected chi connectivity index (χ2v) is 7.58. The van der Waals surface area contributed by atoms with Gasteiger partial charge in [0, 0.05) is 23.2 Å². The standard InChI is InChI=1S/C21H22N2O3S/c1-25-18-11-10-16(15-8-4-2-5-9-15)20-17(18)14-19(27-20)22-21(24)26-23-12-6-3-7-13-23/h2,4-5,8-11,14H,3,6-7,12-13H2,1H3,(H,22,24). The Bertz CT molecular complexity index is 933. The Hall–Kier alpha value is -2.57. The zero-order chi connectivity index (χ0) is 18.6. The summed E-state index contributed by atoms with van der Waals surface area (Å²) < 4.78 is 6.59. The first-order chi connectivity index (χ1) is 13.2. The molecule has 6 heteroatoms. The van der Waals surface area contributed by atoms with Gasteiger partial charge in [0.15, 0.2) is 0 Å². The van der Waals surface area contributed by atoms with Crippen molar-refractivity contribution in [3.05, 3.63) is 48.5 Å². The van der Waals surface area contributed by atoms with Crippen LogP contribution in [0.3, 0.4) is 0 Å². The minimum absolute atomic E-state index is 0.441. The quantitative estimate of drug-likeness (QED) is 0.645. The van der Waals surface area contributed by atoms with E-state index in [9.17, 15) is 4.79 Å². The summed E-state index contributed by atoms with van der Waals surface area (Å²) in [5, 5.41) is 6.33. The second kappa shape index (κ2) is 7.98. The van der Waals surface area contributed by atoms with Gasteiger partial charge in [-0.15, -0.1) is 16.4 Å². The summed E-state index contributed by atoms with van der Waals surface area (Å²) in [5.41, 5.74) is 2.25. The van der Waals surface area contributed by atoms with Gasteiger partial charge in [0.05, 0.1) is 12.1 Å². The summed E-state index contributed by atoms with van der Waals surface area (Å²) in [6, 6.07) is 16.2. The van der Waals surface area contributed by atoms with E-state index in [1.54, 1.807) is 12.2 Å². The van der Waals surface area contributed by atoms with Crippen LogP contribution in [0.25, 0.3) is 21.2 Å². The number of hydrogen-bond donors (Lipinski definition) is 1. The molecule has 0 unspecified atom stereocenters. The molecule has 1 aromatic heterocycles. The van der Waals surface area contributed by atoms with Gasteiger partial charge in [-0.2, -0.15) is 0 Å². The predicted molar refractivity (Wildman–Crippen MR) is 109 cm³/mol. The summed E-state index contributed by atoms with van der Waals surface area (Å²) in [5.74, 6) is 0.790. The number of methoxy groups -OCH3 is 1.